The smallest absolute Gasteiger partial charge is 0.140 e. The Morgan fingerprint density at radius 3 is 3.07 bits per heavy atom. The van der Waals surface area contributed by atoms with Crippen molar-refractivity contribution < 1.29 is 4.74 Å². The van der Waals surface area contributed by atoms with Gasteiger partial charge < -0.3 is 10.5 Å². The highest BCUT2D eigenvalue weighted by molar-refractivity contribution is 5.24. The maximum Gasteiger partial charge on any atom is 0.140 e. The molecule has 0 aromatic carbocycles. The minimum absolute atomic E-state index is 0.290. The fourth-order valence-electron chi connectivity index (χ4n) is 1.58. The SMILES string of the molecule is N#Cc1cc(COC2CC(N)C2)ccn1. The number of pyridine rings is 1. The maximum absolute atomic E-state index is 8.66. The van der Waals surface area contributed by atoms with Gasteiger partial charge in [0.1, 0.15) is 11.8 Å². The van der Waals surface area contributed by atoms with Crippen molar-refractivity contribution in [2.75, 3.05) is 0 Å². The third-order valence-corrected chi connectivity index (χ3v) is 2.56. The fourth-order valence-corrected chi connectivity index (χ4v) is 1.58. The summed E-state index contributed by atoms with van der Waals surface area (Å²) in [6, 6.07) is 5.92. The van der Waals surface area contributed by atoms with Crippen LogP contribution in [0.5, 0.6) is 0 Å². The summed E-state index contributed by atoms with van der Waals surface area (Å²) >= 11 is 0. The second-order valence-corrected chi connectivity index (χ2v) is 3.83. The molecule has 0 radical (unpaired) electrons. The Hall–Kier alpha value is -1.44. The zero-order chi connectivity index (χ0) is 10.7. The lowest BCUT2D eigenvalue weighted by Gasteiger charge is -2.32. The number of rotatable bonds is 3. The Morgan fingerprint density at radius 2 is 2.40 bits per heavy atom. The summed E-state index contributed by atoms with van der Waals surface area (Å²) < 4.78 is 5.62. The lowest BCUT2D eigenvalue weighted by molar-refractivity contribution is -0.0188. The molecule has 1 fully saturated rings. The molecule has 0 saturated heterocycles. The van der Waals surface area contributed by atoms with Crippen LogP contribution in [0.4, 0.5) is 0 Å². The van der Waals surface area contributed by atoms with Crippen molar-refractivity contribution in [3.63, 3.8) is 0 Å². The molecular formula is C11H13N3O. The van der Waals surface area contributed by atoms with Gasteiger partial charge in [-0.15, -0.1) is 0 Å². The molecule has 1 aliphatic rings. The molecule has 0 amide bonds. The lowest BCUT2D eigenvalue weighted by atomic mass is 9.90. The van der Waals surface area contributed by atoms with E-state index in [0.717, 1.165) is 18.4 Å². The topological polar surface area (TPSA) is 71.9 Å². The van der Waals surface area contributed by atoms with Crippen molar-refractivity contribution in [1.82, 2.24) is 4.98 Å². The van der Waals surface area contributed by atoms with E-state index in [1.807, 2.05) is 12.1 Å². The Kier molecular flexibility index (Phi) is 2.95. The van der Waals surface area contributed by atoms with Crippen molar-refractivity contribution in [2.24, 2.45) is 5.73 Å². The van der Waals surface area contributed by atoms with E-state index < -0.39 is 0 Å². The number of nitrogens with two attached hydrogens (primary N) is 1. The number of hydrogen-bond donors (Lipinski definition) is 1. The molecule has 0 spiro atoms. The highest BCUT2D eigenvalue weighted by Gasteiger charge is 2.26. The monoisotopic (exact) mass is 203 g/mol. The number of nitriles is 1. The van der Waals surface area contributed by atoms with Crippen LogP contribution in [-0.4, -0.2) is 17.1 Å². The molecule has 0 aliphatic heterocycles. The molecule has 1 aliphatic carbocycles. The largest absolute Gasteiger partial charge is 0.373 e. The number of ether oxygens (including phenoxy) is 1. The molecule has 2 rings (SSSR count). The molecule has 1 aromatic heterocycles. The molecule has 0 bridgehead atoms. The van der Waals surface area contributed by atoms with E-state index in [-0.39, 0.29) is 0 Å². The van der Waals surface area contributed by atoms with Crippen LogP contribution in [-0.2, 0) is 11.3 Å². The number of hydrogen-bond acceptors (Lipinski definition) is 4. The Morgan fingerprint density at radius 1 is 1.60 bits per heavy atom. The van der Waals surface area contributed by atoms with Crippen molar-refractivity contribution >= 4 is 0 Å². The van der Waals surface area contributed by atoms with Crippen LogP contribution in [0.2, 0.25) is 0 Å². The zero-order valence-electron chi connectivity index (χ0n) is 8.39. The first kappa shape index (κ1) is 10.1. The standard InChI is InChI=1S/C11H13N3O/c12-6-10-3-8(1-2-14-10)7-15-11-4-9(13)5-11/h1-3,9,11H,4-5,7,13H2. The lowest BCUT2D eigenvalue weighted by Crippen LogP contribution is -2.41. The van der Waals surface area contributed by atoms with Crippen LogP contribution in [0.1, 0.15) is 24.1 Å². The molecule has 0 atom stereocenters. The first-order valence-electron chi connectivity index (χ1n) is 5.00. The van der Waals surface area contributed by atoms with E-state index in [4.69, 9.17) is 15.7 Å². The molecule has 78 valence electrons. The van der Waals surface area contributed by atoms with E-state index in [1.54, 1.807) is 12.3 Å². The minimum Gasteiger partial charge on any atom is -0.373 e. The van der Waals surface area contributed by atoms with Gasteiger partial charge in [-0.1, -0.05) is 0 Å². The van der Waals surface area contributed by atoms with Crippen LogP contribution >= 0.6 is 0 Å². The summed E-state index contributed by atoms with van der Waals surface area (Å²) in [5.41, 5.74) is 7.07. The van der Waals surface area contributed by atoms with E-state index >= 15 is 0 Å². The molecule has 2 N–H and O–H groups in total. The van der Waals surface area contributed by atoms with Crippen molar-refractivity contribution in [3.8, 4) is 6.07 Å². The van der Waals surface area contributed by atoms with Gasteiger partial charge in [-0.2, -0.15) is 5.26 Å². The van der Waals surface area contributed by atoms with Gasteiger partial charge in [0.25, 0.3) is 0 Å². The summed E-state index contributed by atoms with van der Waals surface area (Å²) in [7, 11) is 0. The van der Waals surface area contributed by atoms with Gasteiger partial charge in [0, 0.05) is 12.2 Å². The summed E-state index contributed by atoms with van der Waals surface area (Å²) in [6.45, 7) is 0.536. The number of nitrogens with zero attached hydrogens (tertiary/aromatic N) is 2. The molecule has 1 saturated carbocycles. The fraction of sp³-hybridized carbons (Fsp3) is 0.455. The van der Waals surface area contributed by atoms with Gasteiger partial charge in [-0.05, 0) is 30.5 Å². The molecule has 4 nitrogen and oxygen atoms in total. The van der Waals surface area contributed by atoms with Gasteiger partial charge in [0.15, 0.2) is 0 Å². The summed E-state index contributed by atoms with van der Waals surface area (Å²) in [4.78, 5) is 3.89. The predicted molar refractivity (Wildman–Crippen MR) is 54.7 cm³/mol. The molecule has 0 unspecified atom stereocenters. The van der Waals surface area contributed by atoms with Crippen LogP contribution < -0.4 is 5.73 Å². The Bertz CT molecular complexity index is 380. The third-order valence-electron chi connectivity index (χ3n) is 2.56. The first-order chi connectivity index (χ1) is 7.28. The Balaban J connectivity index is 1.86. The van der Waals surface area contributed by atoms with E-state index in [0.29, 0.717) is 24.4 Å². The van der Waals surface area contributed by atoms with E-state index in [2.05, 4.69) is 4.98 Å². The third kappa shape index (κ3) is 2.52. The average molecular weight is 203 g/mol. The van der Waals surface area contributed by atoms with Crippen molar-refractivity contribution in [2.45, 2.75) is 31.6 Å². The molecular weight excluding hydrogens is 190 g/mol. The minimum atomic E-state index is 0.290. The van der Waals surface area contributed by atoms with Crippen LogP contribution in [0.15, 0.2) is 18.3 Å². The van der Waals surface area contributed by atoms with Crippen LogP contribution in [0.25, 0.3) is 0 Å². The molecule has 15 heavy (non-hydrogen) atoms. The van der Waals surface area contributed by atoms with Gasteiger partial charge in [0.05, 0.1) is 12.7 Å². The summed E-state index contributed by atoms with van der Waals surface area (Å²) in [6.07, 6.45) is 3.80. The van der Waals surface area contributed by atoms with Gasteiger partial charge >= 0.3 is 0 Å². The highest BCUT2D eigenvalue weighted by Crippen LogP contribution is 2.22. The van der Waals surface area contributed by atoms with Crippen molar-refractivity contribution in [1.29, 1.82) is 5.26 Å². The first-order valence-corrected chi connectivity index (χ1v) is 5.00. The average Bonchev–Trinajstić information content (AvgIpc) is 2.23. The second-order valence-electron chi connectivity index (χ2n) is 3.83. The van der Waals surface area contributed by atoms with E-state index in [9.17, 15) is 0 Å². The Labute approximate surface area is 88.7 Å². The second kappa shape index (κ2) is 4.39. The van der Waals surface area contributed by atoms with Gasteiger partial charge in [-0.3, -0.25) is 0 Å². The zero-order valence-corrected chi connectivity index (χ0v) is 8.39. The predicted octanol–water partition coefficient (Wildman–Crippen LogP) is 0.960. The molecule has 4 heteroatoms. The van der Waals surface area contributed by atoms with Crippen molar-refractivity contribution in [3.05, 3.63) is 29.6 Å². The van der Waals surface area contributed by atoms with Crippen LogP contribution in [0.3, 0.4) is 0 Å². The quantitative estimate of drug-likeness (QED) is 0.794. The summed E-state index contributed by atoms with van der Waals surface area (Å²) in [5, 5.41) is 8.66. The number of aromatic nitrogens is 1. The highest BCUT2D eigenvalue weighted by atomic mass is 16.5. The normalized spacial score (nSPS) is 24.3. The molecule has 1 heterocycles. The van der Waals surface area contributed by atoms with Gasteiger partial charge in [-0.25, -0.2) is 4.98 Å². The maximum atomic E-state index is 8.66. The molecule has 1 aromatic rings. The van der Waals surface area contributed by atoms with Gasteiger partial charge in [0.2, 0.25) is 0 Å². The summed E-state index contributed by atoms with van der Waals surface area (Å²) in [5.74, 6) is 0. The van der Waals surface area contributed by atoms with E-state index in [1.165, 1.54) is 0 Å². The van der Waals surface area contributed by atoms with Crippen LogP contribution in [0, 0.1) is 11.3 Å².